The number of guanidine groups is 1. The number of nitrogens with one attached hydrogen (secondary N) is 1. The van der Waals surface area contributed by atoms with Gasteiger partial charge in [0.25, 0.3) is 0 Å². The highest BCUT2D eigenvalue weighted by Gasteiger charge is 2.17. The normalized spacial score (nSPS) is 15.0. The van der Waals surface area contributed by atoms with Crippen molar-refractivity contribution < 1.29 is 9.47 Å². The Morgan fingerprint density at radius 2 is 1.97 bits per heavy atom. The van der Waals surface area contributed by atoms with Gasteiger partial charge in [0, 0.05) is 45.9 Å². The van der Waals surface area contributed by atoms with Crippen molar-refractivity contribution in [2.45, 2.75) is 52.1 Å². The van der Waals surface area contributed by atoms with Crippen LogP contribution in [-0.4, -0.2) is 75.4 Å². The minimum absolute atomic E-state index is 0. The van der Waals surface area contributed by atoms with E-state index in [4.69, 9.17) is 14.5 Å². The molecule has 0 aliphatic carbocycles. The predicted molar refractivity (Wildman–Crippen MR) is 136 cm³/mol. The summed E-state index contributed by atoms with van der Waals surface area (Å²) in [6, 6.07) is 8.91. The molecule has 1 heterocycles. The van der Waals surface area contributed by atoms with Crippen LogP contribution >= 0.6 is 24.0 Å². The summed E-state index contributed by atoms with van der Waals surface area (Å²) in [4.78, 5) is 9.41. The molecule has 30 heavy (non-hydrogen) atoms. The Kier molecular flexibility index (Phi) is 14.1. The van der Waals surface area contributed by atoms with E-state index in [-0.39, 0.29) is 24.0 Å². The minimum Gasteiger partial charge on any atom is -0.492 e. The second-order valence-corrected chi connectivity index (χ2v) is 7.77. The zero-order valence-corrected chi connectivity index (χ0v) is 21.6. The van der Waals surface area contributed by atoms with Gasteiger partial charge in [-0.15, -0.1) is 24.0 Å². The molecule has 0 unspecified atom stereocenters. The van der Waals surface area contributed by atoms with Gasteiger partial charge in [0.05, 0.1) is 6.54 Å². The molecular weight excluding hydrogens is 491 g/mol. The summed E-state index contributed by atoms with van der Waals surface area (Å²) in [7, 11) is 4.29. The average Bonchev–Trinajstić information content (AvgIpc) is 2.75. The first-order chi connectivity index (χ1) is 14.1. The SMILES string of the molecule is CCCCN(C)C(=NCc1cccc(OCCN(C)C2CCOCC2)c1)NCC.I. The summed E-state index contributed by atoms with van der Waals surface area (Å²) >= 11 is 0. The monoisotopic (exact) mass is 532 g/mol. The van der Waals surface area contributed by atoms with Gasteiger partial charge >= 0.3 is 0 Å². The lowest BCUT2D eigenvalue weighted by Gasteiger charge is -2.31. The van der Waals surface area contributed by atoms with Crippen LogP contribution in [0.3, 0.4) is 0 Å². The van der Waals surface area contributed by atoms with Crippen molar-refractivity contribution >= 4 is 29.9 Å². The van der Waals surface area contributed by atoms with E-state index in [0.29, 0.717) is 19.2 Å². The number of unbranched alkanes of at least 4 members (excludes halogenated alkanes) is 1. The smallest absolute Gasteiger partial charge is 0.193 e. The first kappa shape index (κ1) is 27.0. The third-order valence-electron chi connectivity index (χ3n) is 5.38. The second-order valence-electron chi connectivity index (χ2n) is 7.77. The molecule has 1 aromatic carbocycles. The predicted octanol–water partition coefficient (Wildman–Crippen LogP) is 3.99. The van der Waals surface area contributed by atoms with Crippen LogP contribution in [0.1, 0.15) is 45.1 Å². The van der Waals surface area contributed by atoms with Crippen molar-refractivity contribution in [2.24, 2.45) is 4.99 Å². The van der Waals surface area contributed by atoms with Crippen molar-refractivity contribution in [1.82, 2.24) is 15.1 Å². The van der Waals surface area contributed by atoms with Crippen LogP contribution in [0, 0.1) is 0 Å². The molecule has 0 saturated carbocycles. The van der Waals surface area contributed by atoms with Crippen LogP contribution in [0.5, 0.6) is 5.75 Å². The average molecular weight is 533 g/mol. The fourth-order valence-electron chi connectivity index (χ4n) is 3.49. The van der Waals surface area contributed by atoms with Gasteiger partial charge in [-0.05, 0) is 50.9 Å². The number of benzene rings is 1. The molecule has 1 saturated heterocycles. The molecule has 0 amide bonds. The number of ether oxygens (including phenoxy) is 2. The van der Waals surface area contributed by atoms with Crippen molar-refractivity contribution in [3.8, 4) is 5.75 Å². The second kappa shape index (κ2) is 15.7. The molecule has 0 spiro atoms. The van der Waals surface area contributed by atoms with E-state index < -0.39 is 0 Å². The Morgan fingerprint density at radius 3 is 2.67 bits per heavy atom. The van der Waals surface area contributed by atoms with E-state index in [9.17, 15) is 0 Å². The molecule has 1 fully saturated rings. The fourth-order valence-corrected chi connectivity index (χ4v) is 3.49. The van der Waals surface area contributed by atoms with Gasteiger partial charge in [-0.3, -0.25) is 4.90 Å². The highest BCUT2D eigenvalue weighted by atomic mass is 127. The van der Waals surface area contributed by atoms with Gasteiger partial charge in [-0.2, -0.15) is 0 Å². The van der Waals surface area contributed by atoms with Crippen LogP contribution < -0.4 is 10.1 Å². The lowest BCUT2D eigenvalue weighted by atomic mass is 10.1. The molecule has 1 N–H and O–H groups in total. The molecule has 0 bridgehead atoms. The van der Waals surface area contributed by atoms with Crippen LogP contribution in [0.2, 0.25) is 0 Å². The number of hydrogen-bond donors (Lipinski definition) is 1. The molecule has 6 nitrogen and oxygen atoms in total. The summed E-state index contributed by atoms with van der Waals surface area (Å²) in [5, 5.41) is 3.38. The highest BCUT2D eigenvalue weighted by Crippen LogP contribution is 2.16. The van der Waals surface area contributed by atoms with Gasteiger partial charge < -0.3 is 19.7 Å². The van der Waals surface area contributed by atoms with Gasteiger partial charge in [0.15, 0.2) is 5.96 Å². The van der Waals surface area contributed by atoms with Crippen molar-refractivity contribution in [3.05, 3.63) is 29.8 Å². The van der Waals surface area contributed by atoms with Gasteiger partial charge in [-0.1, -0.05) is 25.5 Å². The Morgan fingerprint density at radius 1 is 1.20 bits per heavy atom. The van der Waals surface area contributed by atoms with Crippen LogP contribution in [-0.2, 0) is 11.3 Å². The van der Waals surface area contributed by atoms with Crippen LogP contribution in [0.25, 0.3) is 0 Å². The van der Waals surface area contributed by atoms with E-state index in [2.05, 4.69) is 61.3 Å². The summed E-state index contributed by atoms with van der Waals surface area (Å²) in [5.41, 5.74) is 1.17. The highest BCUT2D eigenvalue weighted by molar-refractivity contribution is 14.0. The van der Waals surface area contributed by atoms with E-state index >= 15 is 0 Å². The topological polar surface area (TPSA) is 49.3 Å². The zero-order chi connectivity index (χ0) is 20.9. The zero-order valence-electron chi connectivity index (χ0n) is 19.2. The maximum Gasteiger partial charge on any atom is 0.193 e. The fraction of sp³-hybridized carbons (Fsp3) is 0.696. The molecule has 2 rings (SSSR count). The number of aliphatic imine (C=N–C) groups is 1. The van der Waals surface area contributed by atoms with E-state index in [0.717, 1.165) is 57.4 Å². The quantitative estimate of drug-likeness (QED) is 0.266. The third kappa shape index (κ3) is 9.83. The first-order valence-electron chi connectivity index (χ1n) is 11.1. The largest absolute Gasteiger partial charge is 0.492 e. The van der Waals surface area contributed by atoms with E-state index in [1.54, 1.807) is 0 Å². The van der Waals surface area contributed by atoms with Gasteiger partial charge in [0.2, 0.25) is 0 Å². The molecule has 1 aliphatic heterocycles. The number of halogens is 1. The number of rotatable bonds is 11. The van der Waals surface area contributed by atoms with E-state index in [1.165, 1.54) is 18.4 Å². The Labute approximate surface area is 200 Å². The van der Waals surface area contributed by atoms with Crippen LogP contribution in [0.15, 0.2) is 29.3 Å². The Balaban J connectivity index is 0.00000450. The molecule has 1 aromatic rings. The molecule has 172 valence electrons. The Hall–Kier alpha value is -1.06. The van der Waals surface area contributed by atoms with Crippen molar-refractivity contribution in [1.29, 1.82) is 0 Å². The molecular formula is C23H41IN4O2. The van der Waals surface area contributed by atoms with Crippen molar-refractivity contribution in [3.63, 3.8) is 0 Å². The summed E-state index contributed by atoms with van der Waals surface area (Å²) < 4.78 is 11.5. The van der Waals surface area contributed by atoms with Gasteiger partial charge in [0.1, 0.15) is 12.4 Å². The summed E-state index contributed by atoms with van der Waals surface area (Å²) in [6.07, 6.45) is 4.59. The molecule has 7 heteroatoms. The van der Waals surface area contributed by atoms with Gasteiger partial charge in [-0.25, -0.2) is 4.99 Å². The third-order valence-corrected chi connectivity index (χ3v) is 5.38. The lowest BCUT2D eigenvalue weighted by molar-refractivity contribution is 0.0392. The number of nitrogens with zero attached hydrogens (tertiary/aromatic N) is 3. The Bertz CT molecular complexity index is 609. The molecule has 0 radical (unpaired) electrons. The van der Waals surface area contributed by atoms with Crippen molar-refractivity contribution in [2.75, 3.05) is 53.6 Å². The number of likely N-dealkylation sites (N-methyl/N-ethyl adjacent to an activating group) is 1. The maximum absolute atomic E-state index is 6.02. The molecule has 0 atom stereocenters. The number of hydrogen-bond acceptors (Lipinski definition) is 4. The minimum atomic E-state index is 0. The summed E-state index contributed by atoms with van der Waals surface area (Å²) in [5.74, 6) is 1.88. The lowest BCUT2D eigenvalue weighted by Crippen LogP contribution is -2.39. The standard InChI is InChI=1S/C23H40N4O2.HI/c1-5-7-13-27(4)23(24-6-2)25-19-20-9-8-10-22(18-20)29-17-14-26(3)21-11-15-28-16-12-21;/h8-10,18,21H,5-7,11-17,19H2,1-4H3,(H,24,25);1H. The van der Waals surface area contributed by atoms with Crippen LogP contribution in [0.4, 0.5) is 0 Å². The maximum atomic E-state index is 6.02. The molecule has 0 aromatic heterocycles. The summed E-state index contributed by atoms with van der Waals surface area (Å²) in [6.45, 7) is 10.2. The first-order valence-corrected chi connectivity index (χ1v) is 11.1. The van der Waals surface area contributed by atoms with E-state index in [1.807, 2.05) is 6.07 Å². The molecule has 1 aliphatic rings.